The van der Waals surface area contributed by atoms with Crippen LogP contribution in [0.1, 0.15) is 11.1 Å². The lowest BCUT2D eigenvalue weighted by molar-refractivity contribution is -0.386. The van der Waals surface area contributed by atoms with Crippen molar-refractivity contribution >= 4 is 50.9 Å². The summed E-state index contributed by atoms with van der Waals surface area (Å²) in [7, 11) is 0. The molecule has 2 rings (SSSR count). The third-order valence-electron chi connectivity index (χ3n) is 3.45. The van der Waals surface area contributed by atoms with E-state index in [2.05, 4.69) is 21.2 Å². The molecule has 26 heavy (non-hydrogen) atoms. The van der Waals surface area contributed by atoms with Crippen molar-refractivity contribution in [3.05, 3.63) is 66.6 Å². The van der Waals surface area contributed by atoms with E-state index in [0.717, 1.165) is 6.07 Å². The Hall–Kier alpha value is -2.89. The Morgan fingerprint density at radius 1 is 1.46 bits per heavy atom. The minimum absolute atomic E-state index is 0.0707. The Morgan fingerprint density at radius 3 is 2.77 bits per heavy atom. The van der Waals surface area contributed by atoms with Gasteiger partial charge in [0.05, 0.1) is 9.40 Å². The number of rotatable bonds is 4. The first-order chi connectivity index (χ1) is 12.2. The summed E-state index contributed by atoms with van der Waals surface area (Å²) in [5.74, 6) is -1.23. The molecule has 0 radical (unpaired) electrons. The number of anilines is 1. The van der Waals surface area contributed by atoms with E-state index in [1.165, 1.54) is 12.1 Å². The van der Waals surface area contributed by atoms with Gasteiger partial charge >= 0.3 is 5.69 Å². The first-order valence-corrected chi connectivity index (χ1v) is 8.27. The van der Waals surface area contributed by atoms with Crippen molar-refractivity contribution in [2.75, 3.05) is 5.32 Å². The van der Waals surface area contributed by atoms with Crippen LogP contribution in [0.2, 0.25) is 5.02 Å². The standard InChI is InChI=1S/C17H11BrClN3O4/c1-9-13(19)3-2-4-14(9)21-17(24)11(8-20)5-10-6-12(18)16(23)15(7-10)22(25)26/h2-7,23H,1H3,(H,21,24)/b11-5+. The lowest BCUT2D eigenvalue weighted by Gasteiger charge is -2.09. The second-order valence-corrected chi connectivity index (χ2v) is 6.43. The molecular formula is C17H11BrClN3O4. The smallest absolute Gasteiger partial charge is 0.312 e. The molecule has 0 aliphatic carbocycles. The molecule has 0 saturated carbocycles. The number of nitro groups is 1. The van der Waals surface area contributed by atoms with Gasteiger partial charge in [-0.1, -0.05) is 17.7 Å². The highest BCUT2D eigenvalue weighted by molar-refractivity contribution is 9.10. The zero-order valence-electron chi connectivity index (χ0n) is 13.3. The Labute approximate surface area is 161 Å². The minimum Gasteiger partial charge on any atom is -0.501 e. The number of benzene rings is 2. The van der Waals surface area contributed by atoms with Crippen molar-refractivity contribution < 1.29 is 14.8 Å². The zero-order chi connectivity index (χ0) is 19.4. The number of carbonyl (C=O) groups excluding carboxylic acids is 1. The second-order valence-electron chi connectivity index (χ2n) is 5.16. The number of nitro benzene ring substituents is 1. The largest absolute Gasteiger partial charge is 0.501 e. The maximum atomic E-state index is 12.3. The highest BCUT2D eigenvalue weighted by atomic mass is 79.9. The van der Waals surface area contributed by atoms with Crippen molar-refractivity contribution in [3.8, 4) is 11.8 Å². The quantitative estimate of drug-likeness (QED) is 0.315. The van der Waals surface area contributed by atoms with Gasteiger partial charge in [0.25, 0.3) is 5.91 Å². The third-order valence-corrected chi connectivity index (χ3v) is 4.47. The highest BCUT2D eigenvalue weighted by Crippen LogP contribution is 2.35. The van der Waals surface area contributed by atoms with Gasteiger partial charge in [-0.2, -0.15) is 5.26 Å². The maximum absolute atomic E-state index is 12.3. The Morgan fingerprint density at radius 2 is 2.15 bits per heavy atom. The number of nitriles is 1. The molecule has 0 aliphatic rings. The van der Waals surface area contributed by atoms with Crippen LogP contribution in [-0.2, 0) is 4.79 Å². The molecule has 7 nitrogen and oxygen atoms in total. The van der Waals surface area contributed by atoms with Crippen molar-refractivity contribution in [3.63, 3.8) is 0 Å². The van der Waals surface area contributed by atoms with Crippen LogP contribution in [0, 0.1) is 28.4 Å². The van der Waals surface area contributed by atoms with Crippen LogP contribution in [0.4, 0.5) is 11.4 Å². The maximum Gasteiger partial charge on any atom is 0.312 e. The average Bonchev–Trinajstić information content (AvgIpc) is 2.59. The first kappa shape index (κ1) is 19.4. The summed E-state index contributed by atoms with van der Waals surface area (Å²) in [6.07, 6.45) is 1.19. The van der Waals surface area contributed by atoms with Crippen LogP contribution in [-0.4, -0.2) is 15.9 Å². The van der Waals surface area contributed by atoms with Crippen LogP contribution in [0.3, 0.4) is 0 Å². The van der Waals surface area contributed by atoms with Gasteiger partial charge in [-0.05, 0) is 58.3 Å². The molecule has 0 atom stereocenters. The Kier molecular flexibility index (Phi) is 5.97. The van der Waals surface area contributed by atoms with E-state index in [9.17, 15) is 25.3 Å². The predicted molar refractivity (Wildman–Crippen MR) is 101 cm³/mol. The number of hydrogen-bond acceptors (Lipinski definition) is 5. The summed E-state index contributed by atoms with van der Waals surface area (Å²) in [6, 6.07) is 9.14. The number of amides is 1. The zero-order valence-corrected chi connectivity index (χ0v) is 15.6. The van der Waals surface area contributed by atoms with Gasteiger partial charge in [0.15, 0.2) is 0 Å². The Bertz CT molecular complexity index is 983. The second kappa shape index (κ2) is 7.99. The summed E-state index contributed by atoms with van der Waals surface area (Å²) >= 11 is 9.00. The van der Waals surface area contributed by atoms with E-state index in [4.69, 9.17) is 11.6 Å². The molecule has 0 aliphatic heterocycles. The number of nitrogens with one attached hydrogen (secondary N) is 1. The molecule has 2 aromatic rings. The van der Waals surface area contributed by atoms with E-state index >= 15 is 0 Å². The number of halogens is 2. The summed E-state index contributed by atoms with van der Waals surface area (Å²) in [5, 5.41) is 33.0. The fourth-order valence-corrected chi connectivity index (χ4v) is 2.72. The topological polar surface area (TPSA) is 116 Å². The number of carbonyl (C=O) groups is 1. The van der Waals surface area contributed by atoms with Crippen molar-refractivity contribution in [2.45, 2.75) is 6.92 Å². The Balaban J connectivity index is 2.39. The van der Waals surface area contributed by atoms with Gasteiger partial charge in [0.1, 0.15) is 11.6 Å². The van der Waals surface area contributed by atoms with Gasteiger partial charge in [-0.15, -0.1) is 0 Å². The van der Waals surface area contributed by atoms with Crippen LogP contribution in [0.5, 0.6) is 5.75 Å². The molecule has 0 unspecified atom stereocenters. The molecular weight excluding hydrogens is 426 g/mol. The molecule has 9 heteroatoms. The summed E-state index contributed by atoms with van der Waals surface area (Å²) in [5.41, 5.74) is 0.477. The van der Waals surface area contributed by atoms with Crippen LogP contribution < -0.4 is 5.32 Å². The highest BCUT2D eigenvalue weighted by Gasteiger charge is 2.18. The summed E-state index contributed by atoms with van der Waals surface area (Å²) < 4.78 is 0.0707. The number of aromatic hydroxyl groups is 1. The molecule has 1 amide bonds. The fraction of sp³-hybridized carbons (Fsp3) is 0.0588. The normalized spacial score (nSPS) is 10.9. The molecule has 132 valence electrons. The van der Waals surface area contributed by atoms with Gasteiger partial charge in [0, 0.05) is 16.8 Å². The molecule has 2 aromatic carbocycles. The van der Waals surface area contributed by atoms with Crippen LogP contribution in [0.25, 0.3) is 6.08 Å². The van der Waals surface area contributed by atoms with E-state index in [-0.39, 0.29) is 15.6 Å². The number of phenolic OH excluding ortho intramolecular Hbond substituents is 1. The molecule has 0 bridgehead atoms. The van der Waals surface area contributed by atoms with E-state index in [0.29, 0.717) is 16.3 Å². The van der Waals surface area contributed by atoms with Crippen molar-refractivity contribution in [1.82, 2.24) is 0 Å². The lowest BCUT2D eigenvalue weighted by atomic mass is 10.1. The van der Waals surface area contributed by atoms with Crippen molar-refractivity contribution in [1.29, 1.82) is 5.26 Å². The number of hydrogen-bond donors (Lipinski definition) is 2. The number of phenols is 1. The van der Waals surface area contributed by atoms with Gasteiger partial charge < -0.3 is 10.4 Å². The third kappa shape index (κ3) is 4.20. The SMILES string of the molecule is Cc1c(Cl)cccc1NC(=O)/C(C#N)=C/c1cc(Br)c(O)c([N+](=O)[O-])c1. The van der Waals surface area contributed by atoms with Crippen LogP contribution >= 0.6 is 27.5 Å². The van der Waals surface area contributed by atoms with E-state index in [1.807, 2.05) is 0 Å². The lowest BCUT2D eigenvalue weighted by Crippen LogP contribution is -2.14. The van der Waals surface area contributed by atoms with Gasteiger partial charge in [-0.3, -0.25) is 14.9 Å². The average molecular weight is 437 g/mol. The van der Waals surface area contributed by atoms with Gasteiger partial charge in [-0.25, -0.2) is 0 Å². The van der Waals surface area contributed by atoms with Crippen LogP contribution in [0.15, 0.2) is 40.4 Å². The molecule has 0 fully saturated rings. The van der Waals surface area contributed by atoms with Crippen molar-refractivity contribution in [2.24, 2.45) is 0 Å². The molecule has 0 spiro atoms. The van der Waals surface area contributed by atoms with E-state index < -0.39 is 22.3 Å². The minimum atomic E-state index is -0.765. The van der Waals surface area contributed by atoms with Gasteiger partial charge in [0.2, 0.25) is 5.75 Å². The molecule has 0 aromatic heterocycles. The molecule has 0 saturated heterocycles. The monoisotopic (exact) mass is 435 g/mol. The molecule has 2 N–H and O–H groups in total. The first-order valence-electron chi connectivity index (χ1n) is 7.09. The summed E-state index contributed by atoms with van der Waals surface area (Å²) in [4.78, 5) is 22.6. The number of nitrogens with zero attached hydrogens (tertiary/aromatic N) is 2. The molecule has 0 heterocycles. The van der Waals surface area contributed by atoms with E-state index in [1.54, 1.807) is 31.2 Å². The predicted octanol–water partition coefficient (Wildman–Crippen LogP) is 4.57. The fourth-order valence-electron chi connectivity index (χ4n) is 2.08. The summed E-state index contributed by atoms with van der Waals surface area (Å²) in [6.45, 7) is 1.72.